The molecule has 1 fully saturated rings. The van der Waals surface area contributed by atoms with E-state index in [1.54, 1.807) is 21.9 Å². The smallest absolute Gasteiger partial charge is 0.323 e. The molecule has 0 saturated carbocycles. The van der Waals surface area contributed by atoms with Crippen LogP contribution in [0.2, 0.25) is 0 Å². The Morgan fingerprint density at radius 3 is 2.36 bits per heavy atom. The minimum Gasteiger partial charge on any atom is -0.508 e. The maximum atomic E-state index is 12.4. The van der Waals surface area contributed by atoms with Gasteiger partial charge in [-0.05, 0) is 30.7 Å². The molecule has 2 N–H and O–H groups in total. The predicted molar refractivity (Wildman–Crippen MR) is 93.9 cm³/mol. The molecule has 0 atom stereocenters. The number of aromatic nitrogens is 2. The minimum atomic E-state index is -0.226. The first-order valence-electron chi connectivity index (χ1n) is 8.03. The molecule has 2 heterocycles. The molecule has 1 aromatic carbocycles. The number of phenols is 1. The number of phenolic OH excluding ortho intramolecular Hbond substituents is 1. The Morgan fingerprint density at radius 2 is 1.76 bits per heavy atom. The van der Waals surface area contributed by atoms with Crippen molar-refractivity contribution in [1.29, 1.82) is 0 Å². The SMILES string of the molecule is CCc1nnc(NC(=O)N2CCN(C(=O)c3ccc(O)cc3)CC2)s1. The molecule has 25 heavy (non-hydrogen) atoms. The van der Waals surface area contributed by atoms with Crippen LogP contribution in [0.4, 0.5) is 9.93 Å². The summed E-state index contributed by atoms with van der Waals surface area (Å²) in [6.07, 6.45) is 0.783. The Bertz CT molecular complexity index is 753. The van der Waals surface area contributed by atoms with Crippen LogP contribution in [0.25, 0.3) is 0 Å². The lowest BCUT2D eigenvalue weighted by molar-refractivity contribution is 0.0671. The molecule has 3 amide bonds. The number of aromatic hydroxyl groups is 1. The first-order chi connectivity index (χ1) is 12.1. The highest BCUT2D eigenvalue weighted by Crippen LogP contribution is 2.17. The van der Waals surface area contributed by atoms with E-state index in [1.807, 2.05) is 6.92 Å². The van der Waals surface area contributed by atoms with E-state index in [2.05, 4.69) is 15.5 Å². The van der Waals surface area contributed by atoms with Crippen molar-refractivity contribution in [2.24, 2.45) is 0 Å². The van der Waals surface area contributed by atoms with Gasteiger partial charge >= 0.3 is 6.03 Å². The molecular weight excluding hydrogens is 342 g/mol. The molecule has 1 aromatic heterocycles. The topological polar surface area (TPSA) is 98.7 Å². The molecule has 0 aliphatic carbocycles. The first kappa shape index (κ1) is 17.2. The molecule has 0 radical (unpaired) electrons. The van der Waals surface area contributed by atoms with Gasteiger partial charge in [0.15, 0.2) is 0 Å². The van der Waals surface area contributed by atoms with Crippen molar-refractivity contribution in [3.63, 3.8) is 0 Å². The van der Waals surface area contributed by atoms with Gasteiger partial charge in [-0.25, -0.2) is 4.79 Å². The summed E-state index contributed by atoms with van der Waals surface area (Å²) in [5, 5.41) is 21.3. The van der Waals surface area contributed by atoms with Gasteiger partial charge in [-0.15, -0.1) is 10.2 Å². The van der Waals surface area contributed by atoms with Gasteiger partial charge in [0.05, 0.1) is 0 Å². The number of piperazine rings is 1. The number of urea groups is 1. The number of carbonyl (C=O) groups is 2. The zero-order valence-corrected chi connectivity index (χ0v) is 14.6. The lowest BCUT2D eigenvalue weighted by atomic mass is 10.1. The standard InChI is InChI=1S/C16H19N5O3S/c1-2-13-18-19-15(25-13)17-16(24)21-9-7-20(8-10-21)14(23)11-3-5-12(22)6-4-11/h3-6,22H,2,7-10H2,1H3,(H,17,19,24). The van der Waals surface area contributed by atoms with Crippen molar-refractivity contribution >= 4 is 28.4 Å². The number of hydrogen-bond acceptors (Lipinski definition) is 6. The van der Waals surface area contributed by atoms with Crippen LogP contribution in [0.3, 0.4) is 0 Å². The fourth-order valence-corrected chi connectivity index (χ4v) is 3.19. The average Bonchev–Trinajstić information content (AvgIpc) is 3.09. The summed E-state index contributed by atoms with van der Waals surface area (Å²) in [6.45, 7) is 3.81. The number of rotatable bonds is 3. The molecule has 8 nitrogen and oxygen atoms in total. The molecular formula is C16H19N5O3S. The van der Waals surface area contributed by atoms with Crippen LogP contribution in [0.15, 0.2) is 24.3 Å². The molecule has 0 unspecified atom stereocenters. The summed E-state index contributed by atoms with van der Waals surface area (Å²) < 4.78 is 0. The highest BCUT2D eigenvalue weighted by molar-refractivity contribution is 7.15. The zero-order chi connectivity index (χ0) is 17.8. The Hall–Kier alpha value is -2.68. The number of nitrogens with one attached hydrogen (secondary N) is 1. The summed E-state index contributed by atoms with van der Waals surface area (Å²) in [5.41, 5.74) is 0.525. The number of amides is 3. The minimum absolute atomic E-state index is 0.100. The summed E-state index contributed by atoms with van der Waals surface area (Å²) in [6, 6.07) is 5.94. The Kier molecular flexibility index (Phi) is 5.13. The van der Waals surface area contributed by atoms with Crippen molar-refractivity contribution in [3.05, 3.63) is 34.8 Å². The quantitative estimate of drug-likeness (QED) is 0.868. The van der Waals surface area contributed by atoms with Crippen molar-refractivity contribution in [1.82, 2.24) is 20.0 Å². The molecule has 132 valence electrons. The molecule has 1 aliphatic heterocycles. The van der Waals surface area contributed by atoms with E-state index in [0.717, 1.165) is 11.4 Å². The van der Waals surface area contributed by atoms with Crippen LogP contribution < -0.4 is 5.32 Å². The van der Waals surface area contributed by atoms with Crippen LogP contribution >= 0.6 is 11.3 Å². The average molecular weight is 361 g/mol. The predicted octanol–water partition coefficient (Wildman–Crippen LogP) is 1.80. The summed E-state index contributed by atoms with van der Waals surface area (Å²) in [4.78, 5) is 28.1. The van der Waals surface area contributed by atoms with Gasteiger partial charge in [0.25, 0.3) is 5.91 Å². The number of aryl methyl sites for hydroxylation is 1. The van der Waals surface area contributed by atoms with Gasteiger partial charge in [0.2, 0.25) is 5.13 Å². The third-order valence-corrected chi connectivity index (χ3v) is 4.93. The summed E-state index contributed by atoms with van der Waals surface area (Å²) >= 11 is 1.36. The number of anilines is 1. The van der Waals surface area contributed by atoms with E-state index < -0.39 is 0 Å². The fourth-order valence-electron chi connectivity index (χ4n) is 2.52. The summed E-state index contributed by atoms with van der Waals surface area (Å²) in [5.74, 6) is 0.0257. The van der Waals surface area contributed by atoms with Crippen LogP contribution in [-0.4, -0.2) is 63.2 Å². The third kappa shape index (κ3) is 4.05. The van der Waals surface area contributed by atoms with E-state index in [-0.39, 0.29) is 17.7 Å². The third-order valence-electron chi connectivity index (χ3n) is 3.95. The van der Waals surface area contributed by atoms with Crippen LogP contribution in [0.5, 0.6) is 5.75 Å². The molecule has 0 spiro atoms. The lowest BCUT2D eigenvalue weighted by Gasteiger charge is -2.34. The van der Waals surface area contributed by atoms with Crippen LogP contribution in [0, 0.1) is 0 Å². The van der Waals surface area contributed by atoms with Crippen molar-refractivity contribution in [2.45, 2.75) is 13.3 Å². The van der Waals surface area contributed by atoms with Crippen molar-refractivity contribution < 1.29 is 14.7 Å². The number of carbonyl (C=O) groups excluding carboxylic acids is 2. The summed E-state index contributed by atoms with van der Waals surface area (Å²) in [7, 11) is 0. The second-order valence-electron chi connectivity index (χ2n) is 5.61. The largest absolute Gasteiger partial charge is 0.508 e. The first-order valence-corrected chi connectivity index (χ1v) is 8.85. The maximum Gasteiger partial charge on any atom is 0.323 e. The van der Waals surface area contributed by atoms with Crippen LogP contribution in [-0.2, 0) is 6.42 Å². The fraction of sp³-hybridized carbons (Fsp3) is 0.375. The highest BCUT2D eigenvalue weighted by atomic mass is 32.1. The zero-order valence-electron chi connectivity index (χ0n) is 13.8. The Morgan fingerprint density at radius 1 is 1.12 bits per heavy atom. The van der Waals surface area contributed by atoms with Gasteiger partial charge in [-0.3, -0.25) is 10.1 Å². The van der Waals surface area contributed by atoms with E-state index in [1.165, 1.54) is 23.5 Å². The Balaban J connectivity index is 1.53. The number of benzene rings is 1. The van der Waals surface area contributed by atoms with Gasteiger partial charge in [0, 0.05) is 31.7 Å². The molecule has 3 rings (SSSR count). The van der Waals surface area contributed by atoms with Crippen LogP contribution in [0.1, 0.15) is 22.3 Å². The second kappa shape index (κ2) is 7.47. The van der Waals surface area contributed by atoms with E-state index in [0.29, 0.717) is 36.9 Å². The van der Waals surface area contributed by atoms with Gasteiger partial charge < -0.3 is 14.9 Å². The lowest BCUT2D eigenvalue weighted by Crippen LogP contribution is -2.51. The van der Waals surface area contributed by atoms with Gasteiger partial charge in [0.1, 0.15) is 10.8 Å². The molecule has 2 aromatic rings. The normalized spacial score (nSPS) is 14.4. The van der Waals surface area contributed by atoms with E-state index in [9.17, 15) is 14.7 Å². The molecule has 9 heteroatoms. The highest BCUT2D eigenvalue weighted by Gasteiger charge is 2.25. The van der Waals surface area contributed by atoms with Crippen molar-refractivity contribution in [2.75, 3.05) is 31.5 Å². The Labute approximate surface area is 149 Å². The van der Waals surface area contributed by atoms with E-state index >= 15 is 0 Å². The van der Waals surface area contributed by atoms with E-state index in [4.69, 9.17) is 0 Å². The van der Waals surface area contributed by atoms with Crippen molar-refractivity contribution in [3.8, 4) is 5.75 Å². The monoisotopic (exact) mass is 361 g/mol. The molecule has 1 saturated heterocycles. The number of hydrogen-bond donors (Lipinski definition) is 2. The molecule has 1 aliphatic rings. The van der Waals surface area contributed by atoms with Gasteiger partial charge in [-0.2, -0.15) is 0 Å². The maximum absolute atomic E-state index is 12.4. The second-order valence-corrected chi connectivity index (χ2v) is 6.67. The molecule has 0 bridgehead atoms. The number of nitrogens with zero attached hydrogens (tertiary/aromatic N) is 4. The van der Waals surface area contributed by atoms with Gasteiger partial charge in [-0.1, -0.05) is 18.3 Å².